The van der Waals surface area contributed by atoms with Crippen molar-refractivity contribution >= 4 is 33.1 Å². The Hall–Kier alpha value is -2.47. The molecule has 1 aromatic heterocycles. The molecule has 0 atom stereocenters. The number of carbonyl (C=O) groups excluding carboxylic acids is 1. The third-order valence-electron chi connectivity index (χ3n) is 2.50. The Balaban J connectivity index is 2.86. The molecule has 0 radical (unpaired) electrons. The van der Waals surface area contributed by atoms with Crippen molar-refractivity contribution in [2.75, 3.05) is 0 Å². The quantitative estimate of drug-likeness (QED) is 0.214. The molecule has 1 amide bonds. The predicted molar refractivity (Wildman–Crippen MR) is 64.1 cm³/mol. The largest absolute Gasteiger partial charge is 0.617 e. The lowest BCUT2D eigenvalue weighted by Gasteiger charge is -2.05. The molecule has 112 valence electrons. The lowest BCUT2D eigenvalue weighted by atomic mass is 10.2. The number of hydrazine groups is 1. The number of benzene rings is 1. The smallest absolute Gasteiger partial charge is 0.416 e. The van der Waals surface area contributed by atoms with Gasteiger partial charge in [0.25, 0.3) is 5.69 Å². The lowest BCUT2D eigenvalue weighted by molar-refractivity contribution is -0.574. The molecular weight excluding hydrogens is 317 g/mol. The zero-order valence-corrected chi connectivity index (χ0v) is 10.6. The molecule has 0 saturated carbocycles. The van der Waals surface area contributed by atoms with Gasteiger partial charge in [-0.25, -0.2) is 5.84 Å². The zero-order valence-electron chi connectivity index (χ0n) is 9.80. The van der Waals surface area contributed by atoms with E-state index in [0.29, 0.717) is 23.5 Å². The number of non-ortho nitro benzene ring substituents is 1. The first-order valence-electron chi connectivity index (χ1n) is 5.09. The molecule has 1 heterocycles. The minimum Gasteiger partial charge on any atom is -0.617 e. The van der Waals surface area contributed by atoms with Crippen molar-refractivity contribution in [3.8, 4) is 0 Å². The van der Waals surface area contributed by atoms with E-state index in [-0.39, 0.29) is 9.43 Å². The number of nitro groups is 1. The summed E-state index contributed by atoms with van der Waals surface area (Å²) >= 11 is 0.380. The van der Waals surface area contributed by atoms with Crippen molar-refractivity contribution in [2.24, 2.45) is 5.84 Å². The van der Waals surface area contributed by atoms with Gasteiger partial charge in [-0.15, -0.1) is 4.73 Å². The van der Waals surface area contributed by atoms with Crippen molar-refractivity contribution < 1.29 is 27.6 Å². The van der Waals surface area contributed by atoms with E-state index in [4.69, 9.17) is 5.84 Å². The van der Waals surface area contributed by atoms with Crippen LogP contribution in [-0.4, -0.2) is 10.8 Å². The van der Waals surface area contributed by atoms with Crippen molar-refractivity contribution in [3.63, 3.8) is 0 Å². The number of nitrogen functional groups attached to an aromatic ring is 1. The van der Waals surface area contributed by atoms with Crippen molar-refractivity contribution in [2.45, 2.75) is 6.18 Å². The number of alkyl halides is 3. The molecule has 12 heteroatoms. The minimum atomic E-state index is -4.87. The summed E-state index contributed by atoms with van der Waals surface area (Å²) in [5.41, 5.74) is -1.26. The van der Waals surface area contributed by atoms with E-state index < -0.39 is 38.8 Å². The summed E-state index contributed by atoms with van der Waals surface area (Å²) in [5.74, 6) is 3.77. The van der Waals surface area contributed by atoms with Crippen molar-refractivity contribution in [1.29, 1.82) is 0 Å². The number of aromatic nitrogens is 1. The number of carbonyl (C=O) groups is 1. The summed E-state index contributed by atoms with van der Waals surface area (Å²) in [7, 11) is 0. The molecule has 0 unspecified atom stereocenters. The van der Waals surface area contributed by atoms with Gasteiger partial charge in [-0.3, -0.25) is 20.3 Å². The van der Waals surface area contributed by atoms with Gasteiger partial charge in [0.1, 0.15) is 0 Å². The Morgan fingerprint density at radius 3 is 2.52 bits per heavy atom. The van der Waals surface area contributed by atoms with E-state index in [9.17, 15) is 33.3 Å². The number of rotatable bonds is 2. The SMILES string of the molecule is NNC(=O)c1sc2c([N+](=O)[O-])cc(C(F)(F)F)cc2[n+]1[O-]. The second-order valence-corrected chi connectivity index (χ2v) is 4.77. The first-order chi connectivity index (χ1) is 9.66. The third kappa shape index (κ3) is 2.45. The molecule has 0 saturated heterocycles. The number of hydrogen-bond donors (Lipinski definition) is 2. The molecule has 0 aliphatic carbocycles. The van der Waals surface area contributed by atoms with Crippen LogP contribution >= 0.6 is 11.3 Å². The van der Waals surface area contributed by atoms with Crippen LogP contribution in [0.3, 0.4) is 0 Å². The Labute approximate surface area is 117 Å². The number of nitrogens with zero attached hydrogens (tertiary/aromatic N) is 2. The van der Waals surface area contributed by atoms with E-state index in [1.54, 1.807) is 5.43 Å². The van der Waals surface area contributed by atoms with Gasteiger partial charge in [0.05, 0.1) is 10.5 Å². The highest BCUT2D eigenvalue weighted by atomic mass is 32.1. The van der Waals surface area contributed by atoms with Gasteiger partial charge in [0.15, 0.2) is 4.70 Å². The molecule has 0 aliphatic heterocycles. The van der Waals surface area contributed by atoms with Gasteiger partial charge in [-0.1, -0.05) is 0 Å². The van der Waals surface area contributed by atoms with Gasteiger partial charge >= 0.3 is 17.1 Å². The molecule has 0 spiro atoms. The maximum Gasteiger partial charge on any atom is 0.416 e. The number of amides is 1. The molecule has 0 bridgehead atoms. The standard InChI is InChI=1S/C9H5F3N4O4S/c10-9(11,12)3-1-4-6(5(2-3)16(19)20)21-8(15(4)18)7(17)14-13/h1-2H,13H2,(H,14,17). The molecule has 1 aromatic carbocycles. The highest BCUT2D eigenvalue weighted by Gasteiger charge is 2.37. The molecule has 8 nitrogen and oxygen atoms in total. The third-order valence-corrected chi connectivity index (χ3v) is 3.67. The van der Waals surface area contributed by atoms with Gasteiger partial charge in [-0.05, 0) is 11.3 Å². The number of nitrogens with two attached hydrogens (primary N) is 1. The highest BCUT2D eigenvalue weighted by molar-refractivity contribution is 7.20. The second-order valence-electron chi connectivity index (χ2n) is 3.77. The number of nitrogens with one attached hydrogen (secondary N) is 1. The lowest BCUT2D eigenvalue weighted by Crippen LogP contribution is -2.39. The first kappa shape index (κ1) is 14.9. The zero-order chi connectivity index (χ0) is 15.9. The maximum absolute atomic E-state index is 12.7. The Kier molecular flexibility index (Phi) is 3.43. The van der Waals surface area contributed by atoms with E-state index in [1.165, 1.54) is 0 Å². The van der Waals surface area contributed by atoms with Crippen molar-refractivity contribution in [3.05, 3.63) is 38.0 Å². The number of hydrogen-bond acceptors (Lipinski definition) is 6. The van der Waals surface area contributed by atoms with Gasteiger partial charge in [-0.2, -0.15) is 13.2 Å². The van der Waals surface area contributed by atoms with E-state index >= 15 is 0 Å². The van der Waals surface area contributed by atoms with E-state index in [0.717, 1.165) is 0 Å². The fourth-order valence-electron chi connectivity index (χ4n) is 1.60. The Morgan fingerprint density at radius 1 is 1.43 bits per heavy atom. The summed E-state index contributed by atoms with van der Waals surface area (Å²) < 4.78 is 37.6. The average Bonchev–Trinajstić information content (AvgIpc) is 2.73. The summed E-state index contributed by atoms with van der Waals surface area (Å²) in [5, 5.41) is 22.1. The number of nitro benzene ring substituents is 1. The summed E-state index contributed by atoms with van der Waals surface area (Å²) in [6.07, 6.45) is -4.87. The number of thiazole rings is 1. The van der Waals surface area contributed by atoms with Crippen LogP contribution in [0.15, 0.2) is 12.1 Å². The monoisotopic (exact) mass is 322 g/mol. The fourth-order valence-corrected chi connectivity index (χ4v) is 2.61. The first-order valence-corrected chi connectivity index (χ1v) is 5.91. The Morgan fingerprint density at radius 2 is 2.05 bits per heavy atom. The van der Waals surface area contributed by atoms with Gasteiger partial charge in [0, 0.05) is 12.1 Å². The molecule has 21 heavy (non-hydrogen) atoms. The fraction of sp³-hybridized carbons (Fsp3) is 0.111. The number of halogens is 3. The van der Waals surface area contributed by atoms with Crippen LogP contribution in [0, 0.1) is 15.3 Å². The Bertz CT molecular complexity index is 758. The second kappa shape index (κ2) is 4.82. The molecule has 2 rings (SSSR count). The maximum atomic E-state index is 12.7. The van der Waals surface area contributed by atoms with Crippen LogP contribution in [0.2, 0.25) is 0 Å². The average molecular weight is 322 g/mol. The summed E-state index contributed by atoms with van der Waals surface area (Å²) in [6, 6.07) is 0.752. The normalized spacial score (nSPS) is 11.6. The van der Waals surface area contributed by atoms with Gasteiger partial charge < -0.3 is 5.21 Å². The van der Waals surface area contributed by atoms with Crippen LogP contribution < -0.4 is 16.0 Å². The van der Waals surface area contributed by atoms with E-state index in [2.05, 4.69) is 0 Å². The summed E-state index contributed by atoms with van der Waals surface area (Å²) in [6.45, 7) is 0. The van der Waals surface area contributed by atoms with E-state index in [1.807, 2.05) is 0 Å². The van der Waals surface area contributed by atoms with Crippen LogP contribution in [0.1, 0.15) is 15.4 Å². The molecule has 3 N–H and O–H groups in total. The highest BCUT2D eigenvalue weighted by Crippen LogP contribution is 2.37. The number of fused-ring (bicyclic) bond motifs is 1. The molecule has 0 aliphatic rings. The molecule has 2 aromatic rings. The minimum absolute atomic E-state index is 0.121. The van der Waals surface area contributed by atoms with Crippen LogP contribution in [0.5, 0.6) is 0 Å². The van der Waals surface area contributed by atoms with Crippen molar-refractivity contribution in [1.82, 2.24) is 5.43 Å². The van der Waals surface area contributed by atoms with Crippen LogP contribution in [0.4, 0.5) is 18.9 Å². The van der Waals surface area contributed by atoms with Crippen LogP contribution in [0.25, 0.3) is 10.2 Å². The van der Waals surface area contributed by atoms with Crippen LogP contribution in [-0.2, 0) is 6.18 Å². The topological polar surface area (TPSA) is 125 Å². The predicted octanol–water partition coefficient (Wildman–Crippen LogP) is 1.07. The molecular formula is C9H5F3N4O4S. The molecule has 0 fully saturated rings. The summed E-state index contributed by atoms with van der Waals surface area (Å²) in [4.78, 5) is 21.1. The van der Waals surface area contributed by atoms with Gasteiger partial charge in [0.2, 0.25) is 5.52 Å².